The fourth-order valence-corrected chi connectivity index (χ4v) is 3.00. The summed E-state index contributed by atoms with van der Waals surface area (Å²) in [6, 6.07) is 9.80. The summed E-state index contributed by atoms with van der Waals surface area (Å²) in [6.07, 6.45) is 13.1. The Balaban J connectivity index is 1.85. The first-order valence-corrected chi connectivity index (χ1v) is 11.1. The van der Waals surface area contributed by atoms with E-state index in [0.29, 0.717) is 19.6 Å². The van der Waals surface area contributed by atoms with E-state index in [-0.39, 0.29) is 13.2 Å². The minimum Gasteiger partial charge on any atom is -0.464 e. The van der Waals surface area contributed by atoms with Crippen molar-refractivity contribution in [1.82, 2.24) is 0 Å². The number of carbonyl (C=O) groups excluding carboxylic acids is 2. The van der Waals surface area contributed by atoms with E-state index in [1.807, 2.05) is 30.3 Å². The van der Waals surface area contributed by atoms with Gasteiger partial charge in [0, 0.05) is 6.42 Å². The summed E-state index contributed by atoms with van der Waals surface area (Å²) in [6.45, 7) is 2.50. The van der Waals surface area contributed by atoms with Crippen LogP contribution in [0.1, 0.15) is 76.7 Å². The quantitative estimate of drug-likeness (QED) is 0.246. The molecule has 164 valence electrons. The van der Waals surface area contributed by atoms with Gasteiger partial charge in [0.2, 0.25) is 0 Å². The molecule has 1 rings (SSSR count). The van der Waals surface area contributed by atoms with Crippen LogP contribution < -0.4 is 0 Å². The Bertz CT molecular complexity index is 529. The minimum atomic E-state index is -0.469. The van der Waals surface area contributed by atoms with E-state index in [4.69, 9.17) is 14.2 Å². The highest BCUT2D eigenvalue weighted by atomic mass is 16.6. The van der Waals surface area contributed by atoms with Crippen LogP contribution in [0.4, 0.5) is 0 Å². The minimum absolute atomic E-state index is 0.217. The Kier molecular flexibility index (Phi) is 15.8. The van der Waals surface area contributed by atoms with Gasteiger partial charge in [-0.1, -0.05) is 95.0 Å². The molecule has 0 aliphatic rings. The molecular weight excluding hydrogens is 368 g/mol. The summed E-state index contributed by atoms with van der Waals surface area (Å²) in [7, 11) is 0. The van der Waals surface area contributed by atoms with Gasteiger partial charge in [0.05, 0.1) is 13.2 Å². The third-order valence-corrected chi connectivity index (χ3v) is 4.70. The molecule has 0 heterocycles. The van der Waals surface area contributed by atoms with Crippen LogP contribution in [0.5, 0.6) is 0 Å². The van der Waals surface area contributed by atoms with Gasteiger partial charge in [0.1, 0.15) is 13.2 Å². The van der Waals surface area contributed by atoms with Crippen LogP contribution in [0.15, 0.2) is 30.3 Å². The third kappa shape index (κ3) is 15.7. The Morgan fingerprint density at radius 2 is 1.21 bits per heavy atom. The van der Waals surface area contributed by atoms with E-state index in [0.717, 1.165) is 18.4 Å². The van der Waals surface area contributed by atoms with Crippen molar-refractivity contribution in [2.24, 2.45) is 0 Å². The van der Waals surface area contributed by atoms with E-state index in [1.54, 1.807) is 0 Å². The van der Waals surface area contributed by atoms with E-state index in [9.17, 15) is 9.59 Å². The maximum atomic E-state index is 11.6. The standard InChI is InChI=1S/C24H38O5/c1-2-3-4-5-6-7-8-9-10-14-18-28-23(25)20-27-21-24(26)29-19-17-22-15-12-11-13-16-22/h11-13,15-16H,2-10,14,17-21H2,1H3. The molecule has 0 aromatic heterocycles. The smallest absolute Gasteiger partial charge is 0.332 e. The molecule has 29 heavy (non-hydrogen) atoms. The van der Waals surface area contributed by atoms with Crippen molar-refractivity contribution >= 4 is 11.9 Å². The molecule has 0 aliphatic heterocycles. The Morgan fingerprint density at radius 1 is 0.690 bits per heavy atom. The third-order valence-electron chi connectivity index (χ3n) is 4.70. The molecule has 0 saturated heterocycles. The van der Waals surface area contributed by atoms with Crippen molar-refractivity contribution in [3.8, 4) is 0 Å². The zero-order valence-corrected chi connectivity index (χ0v) is 18.0. The lowest BCUT2D eigenvalue weighted by atomic mass is 10.1. The fraction of sp³-hybridized carbons (Fsp3) is 0.667. The van der Waals surface area contributed by atoms with E-state index >= 15 is 0 Å². The molecule has 5 heteroatoms. The molecule has 1 aromatic carbocycles. The van der Waals surface area contributed by atoms with Gasteiger partial charge in [0.15, 0.2) is 0 Å². The molecule has 1 aromatic rings. The van der Waals surface area contributed by atoms with Gasteiger partial charge in [-0.25, -0.2) is 9.59 Å². The van der Waals surface area contributed by atoms with E-state index in [1.165, 1.54) is 51.4 Å². The summed E-state index contributed by atoms with van der Waals surface area (Å²) in [5.74, 6) is -0.901. The highest BCUT2D eigenvalue weighted by molar-refractivity contribution is 5.73. The largest absolute Gasteiger partial charge is 0.464 e. The number of hydrogen-bond acceptors (Lipinski definition) is 5. The molecule has 0 N–H and O–H groups in total. The lowest BCUT2D eigenvalue weighted by Crippen LogP contribution is -2.19. The summed E-state index contributed by atoms with van der Waals surface area (Å²) in [5.41, 5.74) is 1.11. The zero-order valence-electron chi connectivity index (χ0n) is 18.0. The summed E-state index contributed by atoms with van der Waals surface area (Å²) < 4.78 is 15.3. The number of benzene rings is 1. The highest BCUT2D eigenvalue weighted by Gasteiger charge is 2.07. The molecular formula is C24H38O5. The number of unbranched alkanes of at least 4 members (excludes halogenated alkanes) is 9. The average molecular weight is 407 g/mol. The number of rotatable bonds is 18. The number of hydrogen-bond donors (Lipinski definition) is 0. The van der Waals surface area contributed by atoms with Crippen molar-refractivity contribution in [3.63, 3.8) is 0 Å². The molecule has 0 amide bonds. The van der Waals surface area contributed by atoms with Crippen LogP contribution in [-0.2, 0) is 30.2 Å². The SMILES string of the molecule is CCCCCCCCCCCCOC(=O)COCC(=O)OCCc1ccccc1. The van der Waals surface area contributed by atoms with E-state index < -0.39 is 11.9 Å². The number of ether oxygens (including phenoxy) is 3. The van der Waals surface area contributed by atoms with Crippen molar-refractivity contribution < 1.29 is 23.8 Å². The molecule has 0 saturated carbocycles. The topological polar surface area (TPSA) is 61.8 Å². The van der Waals surface area contributed by atoms with Crippen LogP contribution in [0.2, 0.25) is 0 Å². The summed E-state index contributed by atoms with van der Waals surface area (Å²) in [5, 5.41) is 0. The normalized spacial score (nSPS) is 10.7. The molecule has 5 nitrogen and oxygen atoms in total. The van der Waals surface area contributed by atoms with Crippen molar-refractivity contribution in [2.45, 2.75) is 77.6 Å². The van der Waals surface area contributed by atoms with Crippen molar-refractivity contribution in [1.29, 1.82) is 0 Å². The van der Waals surface area contributed by atoms with E-state index in [2.05, 4.69) is 6.92 Å². The molecule has 0 fully saturated rings. The first-order valence-electron chi connectivity index (χ1n) is 11.1. The van der Waals surface area contributed by atoms with Crippen LogP contribution in [0, 0.1) is 0 Å². The summed E-state index contributed by atoms with van der Waals surface area (Å²) in [4.78, 5) is 23.2. The highest BCUT2D eigenvalue weighted by Crippen LogP contribution is 2.10. The number of esters is 2. The second kappa shape index (κ2) is 18.2. The van der Waals surface area contributed by atoms with Crippen LogP contribution in [0.25, 0.3) is 0 Å². The van der Waals surface area contributed by atoms with Crippen LogP contribution >= 0.6 is 0 Å². The van der Waals surface area contributed by atoms with Gasteiger partial charge in [-0.3, -0.25) is 0 Å². The second-order valence-electron chi connectivity index (χ2n) is 7.35. The van der Waals surface area contributed by atoms with Gasteiger partial charge >= 0.3 is 11.9 Å². The Morgan fingerprint density at radius 3 is 1.79 bits per heavy atom. The molecule has 0 unspecified atom stereocenters. The Hall–Kier alpha value is -1.88. The molecule has 0 atom stereocenters. The second-order valence-corrected chi connectivity index (χ2v) is 7.35. The van der Waals surface area contributed by atoms with Gasteiger partial charge < -0.3 is 14.2 Å². The van der Waals surface area contributed by atoms with Crippen LogP contribution in [-0.4, -0.2) is 38.4 Å². The predicted molar refractivity (Wildman–Crippen MR) is 115 cm³/mol. The monoisotopic (exact) mass is 406 g/mol. The lowest BCUT2D eigenvalue weighted by molar-refractivity contribution is -0.155. The van der Waals surface area contributed by atoms with Gasteiger partial charge in [-0.15, -0.1) is 0 Å². The fourth-order valence-electron chi connectivity index (χ4n) is 3.00. The zero-order chi connectivity index (χ0) is 21.0. The first-order chi connectivity index (χ1) is 14.2. The van der Waals surface area contributed by atoms with Gasteiger partial charge in [-0.2, -0.15) is 0 Å². The van der Waals surface area contributed by atoms with Crippen molar-refractivity contribution in [2.75, 3.05) is 26.4 Å². The summed E-state index contributed by atoms with van der Waals surface area (Å²) >= 11 is 0. The lowest BCUT2D eigenvalue weighted by Gasteiger charge is -2.07. The molecule has 0 radical (unpaired) electrons. The van der Waals surface area contributed by atoms with Crippen molar-refractivity contribution in [3.05, 3.63) is 35.9 Å². The molecule has 0 spiro atoms. The molecule has 0 bridgehead atoms. The first kappa shape index (κ1) is 25.2. The van der Waals surface area contributed by atoms with Gasteiger partial charge in [0.25, 0.3) is 0 Å². The Labute approximate surface area is 176 Å². The maximum Gasteiger partial charge on any atom is 0.332 e. The van der Waals surface area contributed by atoms with Crippen LogP contribution in [0.3, 0.4) is 0 Å². The predicted octanol–water partition coefficient (Wildman–Crippen LogP) is 5.25. The average Bonchev–Trinajstić information content (AvgIpc) is 2.73. The number of carbonyl (C=O) groups is 2. The molecule has 0 aliphatic carbocycles. The maximum absolute atomic E-state index is 11.6. The van der Waals surface area contributed by atoms with Gasteiger partial charge in [-0.05, 0) is 12.0 Å².